The molecule has 2 aliphatic rings. The van der Waals surface area contributed by atoms with Crippen LogP contribution in [0.5, 0.6) is 0 Å². The molecule has 3 amide bonds. The van der Waals surface area contributed by atoms with Crippen LogP contribution in [0.25, 0.3) is 0 Å². The molecule has 1 aliphatic heterocycles. The number of carbonyl (C=O) groups excluding carboxylic acids is 3. The van der Waals surface area contributed by atoms with E-state index in [2.05, 4.69) is 5.32 Å². The largest absolute Gasteiger partial charge is 0.354 e. The lowest BCUT2D eigenvalue weighted by Crippen LogP contribution is -2.46. The van der Waals surface area contributed by atoms with Crippen molar-refractivity contribution >= 4 is 17.7 Å². The number of carbonyl (C=O) groups is 3. The Hall–Kier alpha value is -2.37. The first kappa shape index (κ1) is 18.4. The predicted octanol–water partition coefficient (Wildman–Crippen LogP) is 1.67. The zero-order valence-electron chi connectivity index (χ0n) is 15.3. The third kappa shape index (κ3) is 4.06. The molecule has 1 N–H and O–H groups in total. The third-order valence-corrected chi connectivity index (χ3v) is 5.44. The summed E-state index contributed by atoms with van der Waals surface area (Å²) >= 11 is 0. The molecular weight excluding hydrogens is 330 g/mol. The van der Waals surface area contributed by atoms with Gasteiger partial charge in [-0.15, -0.1) is 0 Å². The van der Waals surface area contributed by atoms with Gasteiger partial charge >= 0.3 is 0 Å². The predicted molar refractivity (Wildman–Crippen MR) is 98.5 cm³/mol. The van der Waals surface area contributed by atoms with Crippen molar-refractivity contribution in [2.75, 3.05) is 26.2 Å². The zero-order valence-corrected chi connectivity index (χ0v) is 15.3. The molecule has 0 radical (unpaired) electrons. The van der Waals surface area contributed by atoms with Crippen molar-refractivity contribution < 1.29 is 14.4 Å². The number of rotatable bonds is 1. The van der Waals surface area contributed by atoms with Gasteiger partial charge in [0.1, 0.15) is 0 Å². The molecule has 0 unspecified atom stereocenters. The van der Waals surface area contributed by atoms with E-state index in [4.69, 9.17) is 0 Å². The minimum Gasteiger partial charge on any atom is -0.354 e. The van der Waals surface area contributed by atoms with Crippen molar-refractivity contribution in [3.8, 4) is 0 Å². The van der Waals surface area contributed by atoms with E-state index in [1.54, 1.807) is 24.0 Å². The fraction of sp³-hybridized carbons (Fsp3) is 0.550. The van der Waals surface area contributed by atoms with E-state index in [1.807, 2.05) is 23.1 Å². The lowest BCUT2D eigenvalue weighted by molar-refractivity contribution is -0.134. The van der Waals surface area contributed by atoms with Gasteiger partial charge in [-0.25, -0.2) is 0 Å². The number of hydrogen-bond acceptors (Lipinski definition) is 3. The van der Waals surface area contributed by atoms with Crippen LogP contribution >= 0.6 is 0 Å². The van der Waals surface area contributed by atoms with Crippen LogP contribution in [0.4, 0.5) is 0 Å². The molecule has 1 saturated carbocycles. The molecule has 1 aliphatic carbocycles. The molecule has 26 heavy (non-hydrogen) atoms. The number of benzene rings is 1. The van der Waals surface area contributed by atoms with E-state index in [0.717, 1.165) is 25.7 Å². The molecule has 2 atom stereocenters. The van der Waals surface area contributed by atoms with Gasteiger partial charge in [0.05, 0.1) is 5.92 Å². The average molecular weight is 357 g/mol. The van der Waals surface area contributed by atoms with Crippen molar-refractivity contribution in [3.63, 3.8) is 0 Å². The maximum atomic E-state index is 12.8. The molecule has 140 valence electrons. The normalized spacial score (nSPS) is 24.4. The molecule has 1 aromatic rings. The molecule has 0 aromatic heterocycles. The van der Waals surface area contributed by atoms with Crippen molar-refractivity contribution in [3.05, 3.63) is 35.9 Å². The van der Waals surface area contributed by atoms with Gasteiger partial charge in [-0.05, 0) is 31.4 Å². The molecule has 2 fully saturated rings. The zero-order chi connectivity index (χ0) is 18.5. The summed E-state index contributed by atoms with van der Waals surface area (Å²) < 4.78 is 0. The topological polar surface area (TPSA) is 69.7 Å². The second-order valence-electron chi connectivity index (χ2n) is 7.12. The molecule has 0 bridgehead atoms. The molecular formula is C20H27N3O3. The van der Waals surface area contributed by atoms with Gasteiger partial charge < -0.3 is 15.1 Å². The molecule has 6 heteroatoms. The third-order valence-electron chi connectivity index (χ3n) is 5.44. The Kier molecular flexibility index (Phi) is 5.91. The Morgan fingerprint density at radius 2 is 1.81 bits per heavy atom. The standard InChI is InChI=1S/C20H27N3O3/c1-15(24)23-13-6-12-22(20(26)16-7-3-2-4-8-16)14-11-21-19(25)17-9-5-10-18(17)23/h2-4,7-8,17-18H,5-6,9-14H2,1H3,(H,21,25)/t17-,18+/m1/s1. The van der Waals surface area contributed by atoms with E-state index >= 15 is 0 Å². The van der Waals surface area contributed by atoms with Gasteiger partial charge in [0, 0.05) is 44.7 Å². The molecule has 1 saturated heterocycles. The smallest absolute Gasteiger partial charge is 0.253 e. The van der Waals surface area contributed by atoms with Crippen molar-refractivity contribution in [1.29, 1.82) is 0 Å². The van der Waals surface area contributed by atoms with Crippen molar-refractivity contribution in [2.24, 2.45) is 5.92 Å². The maximum absolute atomic E-state index is 12.8. The summed E-state index contributed by atoms with van der Waals surface area (Å²) in [7, 11) is 0. The van der Waals surface area contributed by atoms with Gasteiger partial charge in [-0.2, -0.15) is 0 Å². The Labute approximate surface area is 154 Å². The van der Waals surface area contributed by atoms with Gasteiger partial charge in [0.15, 0.2) is 0 Å². The number of fused-ring (bicyclic) bond motifs is 1. The van der Waals surface area contributed by atoms with Gasteiger partial charge in [0.2, 0.25) is 11.8 Å². The SMILES string of the molecule is CC(=O)N1CCCN(C(=O)c2ccccc2)CCNC(=O)[C@@H]2CCC[C@@H]21. The van der Waals surface area contributed by atoms with E-state index in [9.17, 15) is 14.4 Å². The quantitative estimate of drug-likeness (QED) is 0.831. The first-order valence-electron chi connectivity index (χ1n) is 9.47. The summed E-state index contributed by atoms with van der Waals surface area (Å²) in [4.78, 5) is 41.1. The summed E-state index contributed by atoms with van der Waals surface area (Å²) in [5, 5.41) is 2.98. The molecule has 1 aromatic carbocycles. The minimum atomic E-state index is -0.129. The maximum Gasteiger partial charge on any atom is 0.253 e. The van der Waals surface area contributed by atoms with Crippen molar-refractivity contribution in [2.45, 2.75) is 38.6 Å². The molecule has 1 heterocycles. The highest BCUT2D eigenvalue weighted by Crippen LogP contribution is 2.30. The van der Waals surface area contributed by atoms with Crippen LogP contribution in [0.1, 0.15) is 43.0 Å². The summed E-state index contributed by atoms with van der Waals surface area (Å²) in [5.74, 6) is -0.147. The Balaban J connectivity index is 1.75. The van der Waals surface area contributed by atoms with Crippen LogP contribution in [-0.4, -0.2) is 59.7 Å². The van der Waals surface area contributed by atoms with E-state index in [1.165, 1.54) is 0 Å². The van der Waals surface area contributed by atoms with Gasteiger partial charge in [-0.1, -0.05) is 24.6 Å². The first-order chi connectivity index (χ1) is 12.6. The highest BCUT2D eigenvalue weighted by atomic mass is 16.2. The average Bonchev–Trinajstić information content (AvgIpc) is 3.11. The highest BCUT2D eigenvalue weighted by Gasteiger charge is 2.38. The number of nitrogens with one attached hydrogen (secondary N) is 1. The second kappa shape index (κ2) is 8.34. The molecule has 6 nitrogen and oxygen atoms in total. The van der Waals surface area contributed by atoms with Crippen LogP contribution in [0.2, 0.25) is 0 Å². The summed E-state index contributed by atoms with van der Waals surface area (Å²) in [6.07, 6.45) is 3.40. The monoisotopic (exact) mass is 357 g/mol. The van der Waals surface area contributed by atoms with E-state index in [-0.39, 0.29) is 29.7 Å². The van der Waals surface area contributed by atoms with Crippen LogP contribution in [0, 0.1) is 5.92 Å². The molecule has 3 rings (SSSR count). The lowest BCUT2D eigenvalue weighted by atomic mass is 10.0. The summed E-state index contributed by atoms with van der Waals surface area (Å²) in [5.41, 5.74) is 0.647. The van der Waals surface area contributed by atoms with Crippen molar-refractivity contribution in [1.82, 2.24) is 15.1 Å². The van der Waals surface area contributed by atoms with Crippen LogP contribution in [-0.2, 0) is 9.59 Å². The lowest BCUT2D eigenvalue weighted by Gasteiger charge is -2.31. The number of hydrogen-bond donors (Lipinski definition) is 1. The van der Waals surface area contributed by atoms with E-state index in [0.29, 0.717) is 31.7 Å². The number of amides is 3. The summed E-state index contributed by atoms with van der Waals surface area (Å²) in [6, 6.07) is 9.17. The van der Waals surface area contributed by atoms with Crippen LogP contribution in [0.3, 0.4) is 0 Å². The van der Waals surface area contributed by atoms with Gasteiger partial charge in [0.25, 0.3) is 5.91 Å². The van der Waals surface area contributed by atoms with Gasteiger partial charge in [-0.3, -0.25) is 14.4 Å². The fourth-order valence-electron chi connectivity index (χ4n) is 4.13. The highest BCUT2D eigenvalue weighted by molar-refractivity contribution is 5.94. The fourth-order valence-corrected chi connectivity index (χ4v) is 4.13. The minimum absolute atomic E-state index is 0.00719. The van der Waals surface area contributed by atoms with E-state index < -0.39 is 0 Å². The summed E-state index contributed by atoms with van der Waals surface area (Å²) in [6.45, 7) is 3.66. The molecule has 0 spiro atoms. The Bertz CT molecular complexity index is 662. The Morgan fingerprint density at radius 3 is 2.54 bits per heavy atom. The number of nitrogens with zero attached hydrogens (tertiary/aromatic N) is 2. The van der Waals surface area contributed by atoms with Crippen LogP contribution in [0.15, 0.2) is 30.3 Å². The van der Waals surface area contributed by atoms with Crippen LogP contribution < -0.4 is 5.32 Å². The Morgan fingerprint density at radius 1 is 1.04 bits per heavy atom. The second-order valence-corrected chi connectivity index (χ2v) is 7.12. The first-order valence-corrected chi connectivity index (χ1v) is 9.47.